The van der Waals surface area contributed by atoms with Crippen molar-refractivity contribution in [2.75, 3.05) is 0 Å². The minimum Gasteiger partial charge on any atom is -0.392 e. The van der Waals surface area contributed by atoms with E-state index in [1.807, 2.05) is 42.5 Å². The number of hydrogen-bond acceptors (Lipinski definition) is 1. The van der Waals surface area contributed by atoms with E-state index in [1.54, 1.807) is 0 Å². The highest BCUT2D eigenvalue weighted by Gasteiger charge is 1.96. The molecule has 0 aliphatic heterocycles. The first-order valence-electron chi connectivity index (χ1n) is 5.03. The maximum atomic E-state index is 8.91. The summed E-state index contributed by atoms with van der Waals surface area (Å²) in [6.07, 6.45) is 0.895. The van der Waals surface area contributed by atoms with E-state index in [0.29, 0.717) is 0 Å². The van der Waals surface area contributed by atoms with Crippen molar-refractivity contribution in [3.8, 4) is 0 Å². The van der Waals surface area contributed by atoms with Gasteiger partial charge in [0.25, 0.3) is 0 Å². The second-order valence-corrected chi connectivity index (χ2v) is 3.54. The molecule has 0 heterocycles. The van der Waals surface area contributed by atoms with Gasteiger partial charge in [-0.15, -0.1) is 0 Å². The Morgan fingerprint density at radius 1 is 0.933 bits per heavy atom. The summed E-state index contributed by atoms with van der Waals surface area (Å²) < 4.78 is 0. The summed E-state index contributed by atoms with van der Waals surface area (Å²) in [6, 6.07) is 19.2. The lowest BCUT2D eigenvalue weighted by Crippen LogP contribution is -1.89. The van der Waals surface area contributed by atoms with Gasteiger partial charge in [0.1, 0.15) is 0 Å². The standard InChI is InChI=1S/C14H13O/c15-11-14-8-6-13(7-9-14)10-12-4-2-1-3-5-12/h1-4,6-9,15H,10-11H2. The molecule has 1 nitrogen and oxygen atoms in total. The second kappa shape index (κ2) is 4.76. The van der Waals surface area contributed by atoms with Crippen LogP contribution in [0.4, 0.5) is 0 Å². The van der Waals surface area contributed by atoms with Gasteiger partial charge in [-0.25, -0.2) is 0 Å². The predicted octanol–water partition coefficient (Wildman–Crippen LogP) is 2.57. The van der Waals surface area contributed by atoms with Gasteiger partial charge < -0.3 is 5.11 Å². The molecule has 0 aliphatic rings. The van der Waals surface area contributed by atoms with Crippen LogP contribution in [0, 0.1) is 6.07 Å². The molecule has 2 aromatic rings. The summed E-state index contributed by atoms with van der Waals surface area (Å²) in [4.78, 5) is 0. The Labute approximate surface area is 90.0 Å². The lowest BCUT2D eigenvalue weighted by molar-refractivity contribution is 0.282. The van der Waals surface area contributed by atoms with Crippen LogP contribution in [0.5, 0.6) is 0 Å². The molecule has 1 heteroatoms. The zero-order valence-electron chi connectivity index (χ0n) is 8.48. The molecular formula is C14H13O. The average Bonchev–Trinajstić information content (AvgIpc) is 2.31. The molecule has 1 N–H and O–H groups in total. The monoisotopic (exact) mass is 197 g/mol. The lowest BCUT2D eigenvalue weighted by atomic mass is 10.0. The van der Waals surface area contributed by atoms with Crippen molar-refractivity contribution in [1.82, 2.24) is 0 Å². The largest absolute Gasteiger partial charge is 0.392 e. The summed E-state index contributed by atoms with van der Waals surface area (Å²) in [6.45, 7) is 0.109. The second-order valence-electron chi connectivity index (χ2n) is 3.54. The van der Waals surface area contributed by atoms with E-state index < -0.39 is 0 Å². The molecule has 0 unspecified atom stereocenters. The lowest BCUT2D eigenvalue weighted by Gasteiger charge is -2.02. The van der Waals surface area contributed by atoms with Crippen LogP contribution in [0.15, 0.2) is 48.5 Å². The van der Waals surface area contributed by atoms with E-state index in [9.17, 15) is 0 Å². The van der Waals surface area contributed by atoms with E-state index in [0.717, 1.165) is 12.0 Å². The van der Waals surface area contributed by atoms with Crippen LogP contribution in [-0.4, -0.2) is 5.11 Å². The van der Waals surface area contributed by atoms with E-state index in [1.165, 1.54) is 11.1 Å². The highest BCUT2D eigenvalue weighted by molar-refractivity contribution is 5.27. The van der Waals surface area contributed by atoms with Gasteiger partial charge in [-0.1, -0.05) is 48.5 Å². The topological polar surface area (TPSA) is 20.2 Å². The molecule has 2 aromatic carbocycles. The normalized spacial score (nSPS) is 10.2. The first-order valence-corrected chi connectivity index (χ1v) is 5.03. The van der Waals surface area contributed by atoms with E-state index in [4.69, 9.17) is 5.11 Å². The molecule has 0 aliphatic carbocycles. The molecule has 2 rings (SSSR count). The fourth-order valence-corrected chi connectivity index (χ4v) is 1.52. The zero-order valence-corrected chi connectivity index (χ0v) is 8.48. The SMILES string of the molecule is OCc1ccc(Cc2[c]cccc2)cc1. The molecule has 0 saturated carbocycles. The fraction of sp³-hybridized carbons (Fsp3) is 0.143. The fourth-order valence-electron chi connectivity index (χ4n) is 1.52. The maximum Gasteiger partial charge on any atom is 0.0681 e. The quantitative estimate of drug-likeness (QED) is 0.801. The molecule has 0 fully saturated rings. The third kappa shape index (κ3) is 2.67. The Morgan fingerprint density at radius 3 is 2.27 bits per heavy atom. The van der Waals surface area contributed by atoms with Gasteiger partial charge in [0, 0.05) is 0 Å². The van der Waals surface area contributed by atoms with Crippen molar-refractivity contribution in [2.24, 2.45) is 0 Å². The number of aliphatic hydroxyl groups excluding tert-OH is 1. The third-order valence-corrected chi connectivity index (χ3v) is 2.37. The highest BCUT2D eigenvalue weighted by atomic mass is 16.3. The average molecular weight is 197 g/mol. The summed E-state index contributed by atoms with van der Waals surface area (Å²) >= 11 is 0. The van der Waals surface area contributed by atoms with Crippen molar-refractivity contribution < 1.29 is 5.11 Å². The van der Waals surface area contributed by atoms with Crippen LogP contribution in [0.2, 0.25) is 0 Å². The Hall–Kier alpha value is -1.60. The number of rotatable bonds is 3. The Bertz CT molecular complexity index is 403. The van der Waals surface area contributed by atoms with Crippen molar-refractivity contribution in [1.29, 1.82) is 0 Å². The summed E-state index contributed by atoms with van der Waals surface area (Å²) in [7, 11) is 0. The van der Waals surface area contributed by atoms with E-state index >= 15 is 0 Å². The van der Waals surface area contributed by atoms with Crippen LogP contribution in [0.25, 0.3) is 0 Å². The van der Waals surface area contributed by atoms with Crippen LogP contribution >= 0.6 is 0 Å². The molecular weight excluding hydrogens is 184 g/mol. The van der Waals surface area contributed by atoms with Gasteiger partial charge in [-0.3, -0.25) is 0 Å². The van der Waals surface area contributed by atoms with E-state index in [2.05, 4.69) is 12.1 Å². The first kappa shape index (κ1) is 9.94. The number of hydrogen-bond donors (Lipinski definition) is 1. The van der Waals surface area contributed by atoms with Crippen molar-refractivity contribution in [2.45, 2.75) is 13.0 Å². The van der Waals surface area contributed by atoms with Gasteiger partial charge in [0.05, 0.1) is 6.61 Å². The van der Waals surface area contributed by atoms with Gasteiger partial charge in [-0.05, 0) is 29.2 Å². The van der Waals surface area contributed by atoms with Gasteiger partial charge in [0.2, 0.25) is 0 Å². The van der Waals surface area contributed by atoms with Gasteiger partial charge >= 0.3 is 0 Å². The summed E-state index contributed by atoms with van der Waals surface area (Å²) in [5.41, 5.74) is 3.39. The summed E-state index contributed by atoms with van der Waals surface area (Å²) in [5.74, 6) is 0. The molecule has 0 spiro atoms. The van der Waals surface area contributed by atoms with Crippen molar-refractivity contribution in [3.63, 3.8) is 0 Å². The highest BCUT2D eigenvalue weighted by Crippen LogP contribution is 2.10. The number of aliphatic hydroxyl groups is 1. The number of benzene rings is 2. The summed E-state index contributed by atoms with van der Waals surface area (Å²) in [5, 5.41) is 8.91. The Kier molecular flexibility index (Phi) is 3.15. The van der Waals surface area contributed by atoms with Crippen LogP contribution < -0.4 is 0 Å². The molecule has 75 valence electrons. The Morgan fingerprint density at radius 2 is 1.67 bits per heavy atom. The zero-order chi connectivity index (χ0) is 10.5. The molecule has 0 bridgehead atoms. The van der Waals surface area contributed by atoms with Gasteiger partial charge in [-0.2, -0.15) is 0 Å². The predicted molar refractivity (Wildman–Crippen MR) is 60.4 cm³/mol. The van der Waals surface area contributed by atoms with Crippen molar-refractivity contribution in [3.05, 3.63) is 71.3 Å². The maximum absolute atomic E-state index is 8.91. The Balaban J connectivity index is 2.11. The third-order valence-electron chi connectivity index (χ3n) is 2.37. The van der Waals surface area contributed by atoms with Crippen LogP contribution in [0.3, 0.4) is 0 Å². The first-order chi connectivity index (χ1) is 7.38. The van der Waals surface area contributed by atoms with E-state index in [-0.39, 0.29) is 6.61 Å². The molecule has 0 aromatic heterocycles. The smallest absolute Gasteiger partial charge is 0.0681 e. The van der Waals surface area contributed by atoms with Crippen LogP contribution in [0.1, 0.15) is 16.7 Å². The molecule has 0 atom stereocenters. The van der Waals surface area contributed by atoms with Crippen molar-refractivity contribution >= 4 is 0 Å². The molecule has 0 amide bonds. The van der Waals surface area contributed by atoms with Crippen LogP contribution in [-0.2, 0) is 13.0 Å². The minimum absolute atomic E-state index is 0.109. The molecule has 15 heavy (non-hydrogen) atoms. The molecule has 1 radical (unpaired) electrons. The minimum atomic E-state index is 0.109. The molecule has 0 saturated heterocycles. The van der Waals surface area contributed by atoms with Gasteiger partial charge in [0.15, 0.2) is 0 Å².